The normalized spacial score (nSPS) is 12.4. The molecule has 1 radical (unpaired) electrons. The zero-order valence-electron chi connectivity index (χ0n) is 25.7. The summed E-state index contributed by atoms with van der Waals surface area (Å²) in [6.45, 7) is 0. The molecule has 0 saturated carbocycles. The van der Waals surface area contributed by atoms with Crippen molar-refractivity contribution in [3.63, 3.8) is 0 Å². The molecule has 0 saturated heterocycles. The fraction of sp³-hybridized carbons (Fsp3) is 0.0233. The lowest BCUT2D eigenvalue weighted by molar-refractivity contribution is 0.452. The molecule has 223 valence electrons. The summed E-state index contributed by atoms with van der Waals surface area (Å²) in [4.78, 5) is 13.9. The van der Waals surface area contributed by atoms with Crippen LogP contribution < -0.4 is 11.5 Å². The van der Waals surface area contributed by atoms with Crippen LogP contribution in [0.5, 0.6) is 0 Å². The van der Waals surface area contributed by atoms with Gasteiger partial charge in [0.1, 0.15) is 0 Å². The summed E-state index contributed by atoms with van der Waals surface area (Å²) in [5.74, 6) is 0. The minimum Gasteiger partial charge on any atom is -0.398 e. The van der Waals surface area contributed by atoms with Gasteiger partial charge >= 0.3 is 0 Å². The standard InChI is InChI=1S/C43H31N2OSi/c44-41-14-5-3-11-39(41)43(47-46,40-12-4-6-15-42(40)45)38-13-7-10-28-20-32-22-30-17-16-29-21-31-18-26-8-1-2-9-27(26)19-33(31)23-35(29)36(30)24-34(32)25-37(28)38/h1-25H,44-45,47H2. The summed E-state index contributed by atoms with van der Waals surface area (Å²) in [6.07, 6.45) is 0. The van der Waals surface area contributed by atoms with Crippen LogP contribution >= 0.6 is 0 Å². The highest BCUT2D eigenvalue weighted by atomic mass is 28.2. The molecule has 4 N–H and O–H groups in total. The van der Waals surface area contributed by atoms with E-state index < -0.39 is 14.8 Å². The molecule has 3 nitrogen and oxygen atoms in total. The van der Waals surface area contributed by atoms with Crippen molar-refractivity contribution >= 4 is 85.8 Å². The van der Waals surface area contributed by atoms with E-state index in [0.29, 0.717) is 11.4 Å². The zero-order valence-corrected chi connectivity index (χ0v) is 27.1. The van der Waals surface area contributed by atoms with Crippen LogP contribution in [0.1, 0.15) is 16.7 Å². The van der Waals surface area contributed by atoms with E-state index in [4.69, 9.17) is 11.5 Å². The van der Waals surface area contributed by atoms with Crippen LogP contribution in [-0.2, 0) is 9.83 Å². The van der Waals surface area contributed by atoms with Gasteiger partial charge in [-0.15, -0.1) is 0 Å². The number of para-hydroxylation sites is 2. The molecule has 0 atom stereocenters. The Labute approximate surface area is 274 Å². The SMILES string of the molecule is Nc1ccccc1C([SiH2][O])(c1ccccc1N)c1cccc2cc3cc4ccc5cc6cc7ccccc7cc6cc5c4cc3cc12. The zero-order chi connectivity index (χ0) is 31.7. The first-order valence-corrected chi connectivity index (χ1v) is 17.3. The Morgan fingerprint density at radius 2 is 0.745 bits per heavy atom. The Morgan fingerprint density at radius 1 is 0.362 bits per heavy atom. The molecule has 0 spiro atoms. The van der Waals surface area contributed by atoms with Crippen molar-refractivity contribution in [1.82, 2.24) is 0 Å². The molecule has 47 heavy (non-hydrogen) atoms. The van der Waals surface area contributed by atoms with Gasteiger partial charge in [0.25, 0.3) is 0 Å². The summed E-state index contributed by atoms with van der Waals surface area (Å²) in [7, 11) is -2.06. The molecular weight excluding hydrogens is 589 g/mol. The van der Waals surface area contributed by atoms with Crippen molar-refractivity contribution in [1.29, 1.82) is 0 Å². The van der Waals surface area contributed by atoms with Crippen molar-refractivity contribution in [3.05, 3.63) is 168 Å². The van der Waals surface area contributed by atoms with Crippen LogP contribution in [0.25, 0.3) is 64.6 Å². The van der Waals surface area contributed by atoms with Crippen LogP contribution in [0.2, 0.25) is 0 Å². The molecule has 0 bridgehead atoms. The lowest BCUT2D eigenvalue weighted by Crippen LogP contribution is -2.37. The maximum absolute atomic E-state index is 13.9. The molecule has 0 aliphatic carbocycles. The molecule has 9 aromatic rings. The molecule has 0 aliphatic heterocycles. The Kier molecular flexibility index (Phi) is 6.13. The monoisotopic (exact) mass is 619 g/mol. The summed E-state index contributed by atoms with van der Waals surface area (Å²) >= 11 is 0. The first-order valence-electron chi connectivity index (χ1n) is 16.0. The smallest absolute Gasteiger partial charge is 0.226 e. The molecule has 0 fully saturated rings. The molecule has 0 amide bonds. The molecule has 0 aliphatic rings. The van der Waals surface area contributed by atoms with Crippen LogP contribution in [0.4, 0.5) is 11.4 Å². The highest BCUT2D eigenvalue weighted by Gasteiger charge is 2.41. The second kappa shape index (κ2) is 10.4. The Morgan fingerprint density at radius 3 is 1.28 bits per heavy atom. The quantitative estimate of drug-likeness (QED) is 0.0677. The van der Waals surface area contributed by atoms with Crippen molar-refractivity contribution < 1.29 is 4.80 Å². The fourth-order valence-corrected chi connectivity index (χ4v) is 9.26. The lowest BCUT2D eigenvalue weighted by Gasteiger charge is -2.35. The van der Waals surface area contributed by atoms with Crippen LogP contribution in [-0.4, -0.2) is 9.76 Å². The van der Waals surface area contributed by atoms with Gasteiger partial charge in [-0.25, -0.2) is 0 Å². The van der Waals surface area contributed by atoms with E-state index >= 15 is 0 Å². The molecular formula is C43H31N2OSi. The second-order valence-electron chi connectivity index (χ2n) is 12.7. The number of hydrogen-bond acceptors (Lipinski definition) is 2. The van der Waals surface area contributed by atoms with Crippen LogP contribution in [0.3, 0.4) is 0 Å². The minimum atomic E-state index is -2.06. The average Bonchev–Trinajstić information content (AvgIpc) is 3.10. The number of fused-ring (bicyclic) bond motifs is 7. The van der Waals surface area contributed by atoms with E-state index in [0.717, 1.165) is 38.2 Å². The van der Waals surface area contributed by atoms with Gasteiger partial charge in [0.15, 0.2) is 0 Å². The van der Waals surface area contributed by atoms with Crippen LogP contribution in [0.15, 0.2) is 152 Å². The molecule has 9 aromatic carbocycles. The van der Waals surface area contributed by atoms with E-state index in [1.54, 1.807) is 0 Å². The first kappa shape index (κ1) is 27.6. The number of nitrogen functional groups attached to an aromatic ring is 2. The van der Waals surface area contributed by atoms with Crippen molar-refractivity contribution in [3.8, 4) is 0 Å². The van der Waals surface area contributed by atoms with Gasteiger partial charge in [0.2, 0.25) is 9.76 Å². The molecule has 4 heteroatoms. The third-order valence-electron chi connectivity index (χ3n) is 10.1. The molecule has 0 unspecified atom stereocenters. The lowest BCUT2D eigenvalue weighted by atomic mass is 9.79. The van der Waals surface area contributed by atoms with Gasteiger partial charge in [0.05, 0.1) is 5.04 Å². The molecule has 0 aromatic heterocycles. The Hall–Kier alpha value is -5.68. The van der Waals surface area contributed by atoms with E-state index in [1.165, 1.54) is 43.1 Å². The highest BCUT2D eigenvalue weighted by molar-refractivity contribution is 6.36. The van der Waals surface area contributed by atoms with E-state index in [1.807, 2.05) is 48.5 Å². The average molecular weight is 620 g/mol. The maximum Gasteiger partial charge on any atom is 0.226 e. The summed E-state index contributed by atoms with van der Waals surface area (Å²) < 4.78 is 0. The van der Waals surface area contributed by atoms with Crippen molar-refractivity contribution in [2.75, 3.05) is 11.5 Å². The van der Waals surface area contributed by atoms with Gasteiger partial charge in [-0.05, 0) is 142 Å². The van der Waals surface area contributed by atoms with Crippen molar-refractivity contribution in [2.45, 2.75) is 5.04 Å². The second-order valence-corrected chi connectivity index (χ2v) is 14.1. The fourth-order valence-electron chi connectivity index (χ4n) is 7.84. The van der Waals surface area contributed by atoms with Crippen molar-refractivity contribution in [2.24, 2.45) is 0 Å². The largest absolute Gasteiger partial charge is 0.398 e. The first-order chi connectivity index (χ1) is 23.0. The van der Waals surface area contributed by atoms with Gasteiger partial charge < -0.3 is 16.3 Å². The third-order valence-corrected chi connectivity index (χ3v) is 11.7. The highest BCUT2D eigenvalue weighted by Crippen LogP contribution is 2.46. The maximum atomic E-state index is 13.9. The molecule has 0 heterocycles. The van der Waals surface area contributed by atoms with Gasteiger partial charge in [-0.1, -0.05) is 91.0 Å². The summed E-state index contributed by atoms with van der Waals surface area (Å²) in [5, 5.41) is 13.3. The third kappa shape index (κ3) is 4.16. The number of hydrogen-bond donors (Lipinski definition) is 2. The topological polar surface area (TPSA) is 71.9 Å². The number of rotatable bonds is 4. The van der Waals surface area contributed by atoms with E-state index in [-0.39, 0.29) is 0 Å². The predicted octanol–water partition coefficient (Wildman–Crippen LogP) is 9.58. The number of nitrogens with two attached hydrogens (primary N) is 2. The number of anilines is 2. The van der Waals surface area contributed by atoms with Crippen LogP contribution in [0, 0.1) is 0 Å². The van der Waals surface area contributed by atoms with E-state index in [2.05, 4.69) is 103 Å². The summed E-state index contributed by atoms with van der Waals surface area (Å²) in [5.41, 5.74) is 17.2. The minimum absolute atomic E-state index is 0.606. The Bertz CT molecular complexity index is 2670. The Balaban J connectivity index is 1.34. The predicted molar refractivity (Wildman–Crippen MR) is 202 cm³/mol. The molecule has 9 rings (SSSR count). The number of benzene rings is 9. The van der Waals surface area contributed by atoms with Gasteiger partial charge in [-0.2, -0.15) is 0 Å². The van der Waals surface area contributed by atoms with Gasteiger partial charge in [0, 0.05) is 11.4 Å². The van der Waals surface area contributed by atoms with E-state index in [9.17, 15) is 4.80 Å². The van der Waals surface area contributed by atoms with Gasteiger partial charge in [-0.3, -0.25) is 0 Å². The summed E-state index contributed by atoms with van der Waals surface area (Å²) in [6, 6.07) is 53.2.